The molecule has 0 saturated heterocycles. The van der Waals surface area contributed by atoms with Gasteiger partial charge in [0.2, 0.25) is 0 Å². The Morgan fingerprint density at radius 3 is 2.25 bits per heavy atom. The second-order valence-corrected chi connectivity index (χ2v) is 1.80. The smallest absolute Gasteiger partial charge is 0.119 e. The van der Waals surface area contributed by atoms with Crippen LogP contribution in [0.5, 0.6) is 0 Å². The predicted octanol–water partition coefficient (Wildman–Crippen LogP) is 2.96. The molecule has 0 aliphatic carbocycles. The van der Waals surface area contributed by atoms with Crippen molar-refractivity contribution in [2.75, 3.05) is 6.54 Å². The van der Waals surface area contributed by atoms with E-state index in [0.717, 1.165) is 0 Å². The number of rotatable bonds is 3. The zero-order chi connectivity index (χ0) is 9.98. The zero-order valence-electron chi connectivity index (χ0n) is 8.10. The van der Waals surface area contributed by atoms with Crippen molar-refractivity contribution in [2.45, 2.75) is 20.8 Å². The highest BCUT2D eigenvalue weighted by Gasteiger charge is 1.88. The number of hydrogen-bond acceptors (Lipinski definition) is 1. The first-order chi connectivity index (χ1) is 5.74. The van der Waals surface area contributed by atoms with Crippen LogP contribution in [0.15, 0.2) is 36.2 Å². The summed E-state index contributed by atoms with van der Waals surface area (Å²) in [7, 11) is 0. The number of hydrogen-bond donors (Lipinski definition) is 1. The maximum Gasteiger partial charge on any atom is 0.119 e. The van der Waals surface area contributed by atoms with Gasteiger partial charge in [0.25, 0.3) is 0 Å². The molecule has 0 aromatic carbocycles. The molecule has 0 aromatic heterocycles. The molecule has 0 heterocycles. The molecular formula is C10H18FN. The van der Waals surface area contributed by atoms with Crippen LogP contribution in [-0.2, 0) is 0 Å². The molecular weight excluding hydrogens is 153 g/mol. The molecule has 0 aliphatic rings. The Balaban J connectivity index is 0. The van der Waals surface area contributed by atoms with Crippen LogP contribution in [0.2, 0.25) is 0 Å². The van der Waals surface area contributed by atoms with Gasteiger partial charge in [-0.25, -0.2) is 4.39 Å². The molecule has 0 atom stereocenters. The van der Waals surface area contributed by atoms with Crippen LogP contribution in [0.25, 0.3) is 0 Å². The topological polar surface area (TPSA) is 26.0 Å². The highest BCUT2D eigenvalue weighted by Crippen LogP contribution is 2.02. The minimum Gasteiger partial charge on any atom is -0.326 e. The Hall–Kier alpha value is -0.890. The average Bonchev–Trinajstić information content (AvgIpc) is 2.16. The first kappa shape index (κ1) is 13.7. The van der Waals surface area contributed by atoms with Crippen molar-refractivity contribution in [1.82, 2.24) is 0 Å². The van der Waals surface area contributed by atoms with Crippen molar-refractivity contribution < 1.29 is 4.39 Å². The molecule has 2 heteroatoms. The molecule has 12 heavy (non-hydrogen) atoms. The normalized spacial score (nSPS) is 11.8. The maximum atomic E-state index is 12.4. The van der Waals surface area contributed by atoms with Gasteiger partial charge in [-0.3, -0.25) is 0 Å². The van der Waals surface area contributed by atoms with Crippen molar-refractivity contribution in [1.29, 1.82) is 0 Å². The molecule has 70 valence electrons. The molecule has 0 amide bonds. The summed E-state index contributed by atoms with van der Waals surface area (Å²) in [6, 6.07) is 0. The van der Waals surface area contributed by atoms with Crippen molar-refractivity contribution in [3.05, 3.63) is 36.2 Å². The van der Waals surface area contributed by atoms with Gasteiger partial charge in [-0.05, 0) is 18.6 Å². The molecule has 0 bridgehead atoms. The lowest BCUT2D eigenvalue weighted by molar-refractivity contribution is 0.663. The van der Waals surface area contributed by atoms with E-state index in [1.165, 1.54) is 12.2 Å². The van der Waals surface area contributed by atoms with Crippen LogP contribution >= 0.6 is 0 Å². The molecule has 2 N–H and O–H groups in total. The average molecular weight is 171 g/mol. The molecule has 1 nitrogen and oxygen atoms in total. The Morgan fingerprint density at radius 1 is 1.50 bits per heavy atom. The summed E-state index contributed by atoms with van der Waals surface area (Å²) in [5, 5.41) is 0. The first-order valence-corrected chi connectivity index (χ1v) is 4.09. The number of allylic oxidation sites excluding steroid dienone is 3. The van der Waals surface area contributed by atoms with Gasteiger partial charge in [0.15, 0.2) is 0 Å². The Bertz CT molecular complexity index is 169. The number of nitrogens with two attached hydrogens (primary N) is 1. The van der Waals surface area contributed by atoms with Crippen molar-refractivity contribution >= 4 is 0 Å². The molecule has 0 spiro atoms. The van der Waals surface area contributed by atoms with Crippen LogP contribution in [0, 0.1) is 0 Å². The van der Waals surface area contributed by atoms with Gasteiger partial charge in [0.05, 0.1) is 0 Å². The maximum absolute atomic E-state index is 12.4. The van der Waals surface area contributed by atoms with E-state index in [4.69, 9.17) is 5.73 Å². The van der Waals surface area contributed by atoms with Crippen LogP contribution in [0.3, 0.4) is 0 Å². The third-order valence-corrected chi connectivity index (χ3v) is 1.10. The summed E-state index contributed by atoms with van der Waals surface area (Å²) in [5.41, 5.74) is 5.96. The molecule has 0 rings (SSSR count). The van der Waals surface area contributed by atoms with Crippen molar-refractivity contribution in [3.63, 3.8) is 0 Å². The lowest BCUT2D eigenvalue weighted by atomic mass is 10.2. The van der Waals surface area contributed by atoms with Crippen LogP contribution in [0.1, 0.15) is 20.8 Å². The van der Waals surface area contributed by atoms with Gasteiger partial charge in [-0.15, -0.1) is 0 Å². The SMILES string of the molecule is C=C/C(=C\C(F)=C/C)CN.CC. The summed E-state index contributed by atoms with van der Waals surface area (Å²) in [6.07, 6.45) is 4.29. The second-order valence-electron chi connectivity index (χ2n) is 1.80. The highest BCUT2D eigenvalue weighted by molar-refractivity contribution is 5.25. The Labute approximate surface area is 74.5 Å². The summed E-state index contributed by atoms with van der Waals surface area (Å²) in [5.74, 6) is -0.277. The van der Waals surface area contributed by atoms with E-state index in [-0.39, 0.29) is 5.83 Å². The largest absolute Gasteiger partial charge is 0.326 e. The van der Waals surface area contributed by atoms with E-state index in [0.29, 0.717) is 12.1 Å². The fraction of sp³-hybridized carbons (Fsp3) is 0.400. The van der Waals surface area contributed by atoms with Crippen LogP contribution < -0.4 is 5.73 Å². The third kappa shape index (κ3) is 7.22. The summed E-state index contributed by atoms with van der Waals surface area (Å²) < 4.78 is 12.4. The fourth-order valence-electron chi connectivity index (χ4n) is 0.462. The summed E-state index contributed by atoms with van der Waals surface area (Å²) in [6.45, 7) is 9.43. The minimum atomic E-state index is -0.277. The standard InChI is InChI=1S/C8H12FN.C2H6/c1-3-7(6-10)5-8(9)4-2;1-2/h3-5H,1,6,10H2,2H3;1-2H3/b7-5+,8-4+;. The monoisotopic (exact) mass is 171 g/mol. The summed E-state index contributed by atoms with van der Waals surface area (Å²) >= 11 is 0. The van der Waals surface area contributed by atoms with Crippen LogP contribution in [0.4, 0.5) is 4.39 Å². The lowest BCUT2D eigenvalue weighted by Gasteiger charge is -1.93. The molecule has 0 unspecified atom stereocenters. The zero-order valence-corrected chi connectivity index (χ0v) is 8.10. The fourth-order valence-corrected chi connectivity index (χ4v) is 0.462. The predicted molar refractivity (Wildman–Crippen MR) is 53.5 cm³/mol. The van der Waals surface area contributed by atoms with Gasteiger partial charge in [0.1, 0.15) is 5.83 Å². The van der Waals surface area contributed by atoms with E-state index in [9.17, 15) is 4.39 Å². The first-order valence-electron chi connectivity index (χ1n) is 4.09. The Kier molecular flexibility index (Phi) is 11.5. The van der Waals surface area contributed by atoms with Crippen LogP contribution in [-0.4, -0.2) is 6.54 Å². The van der Waals surface area contributed by atoms with E-state index >= 15 is 0 Å². The third-order valence-electron chi connectivity index (χ3n) is 1.10. The van der Waals surface area contributed by atoms with Gasteiger partial charge in [0, 0.05) is 6.54 Å². The minimum absolute atomic E-state index is 0.277. The van der Waals surface area contributed by atoms with E-state index < -0.39 is 0 Å². The summed E-state index contributed by atoms with van der Waals surface area (Å²) in [4.78, 5) is 0. The molecule has 0 fully saturated rings. The molecule has 0 radical (unpaired) electrons. The van der Waals surface area contributed by atoms with Crippen molar-refractivity contribution in [2.24, 2.45) is 5.73 Å². The lowest BCUT2D eigenvalue weighted by Crippen LogP contribution is -2.00. The molecule has 0 aromatic rings. The highest BCUT2D eigenvalue weighted by atomic mass is 19.1. The van der Waals surface area contributed by atoms with Gasteiger partial charge in [-0.2, -0.15) is 0 Å². The van der Waals surface area contributed by atoms with Crippen molar-refractivity contribution in [3.8, 4) is 0 Å². The van der Waals surface area contributed by atoms with E-state index in [1.54, 1.807) is 13.0 Å². The Morgan fingerprint density at radius 2 is 2.00 bits per heavy atom. The second kappa shape index (κ2) is 10.1. The quantitative estimate of drug-likeness (QED) is 0.649. The van der Waals surface area contributed by atoms with E-state index in [2.05, 4.69) is 6.58 Å². The van der Waals surface area contributed by atoms with Gasteiger partial charge < -0.3 is 5.73 Å². The number of halogens is 1. The van der Waals surface area contributed by atoms with E-state index in [1.807, 2.05) is 13.8 Å². The van der Waals surface area contributed by atoms with Gasteiger partial charge in [-0.1, -0.05) is 32.6 Å². The molecule has 0 aliphatic heterocycles. The molecule has 0 saturated carbocycles. The van der Waals surface area contributed by atoms with Gasteiger partial charge >= 0.3 is 0 Å².